The lowest BCUT2D eigenvalue weighted by atomic mass is 10.2. The number of carbonyl (C=O) groups is 1. The Hall–Kier alpha value is -1.88. The van der Waals surface area contributed by atoms with E-state index in [2.05, 4.69) is 46.9 Å². The summed E-state index contributed by atoms with van der Waals surface area (Å²) in [7, 11) is 0. The van der Waals surface area contributed by atoms with Crippen LogP contribution in [0.4, 0.5) is 15.8 Å². The third kappa shape index (κ3) is 4.32. The highest BCUT2D eigenvalue weighted by Crippen LogP contribution is 2.22. The summed E-state index contributed by atoms with van der Waals surface area (Å²) in [6.45, 7) is 7.30. The minimum atomic E-state index is -0.441. The molecule has 1 amide bonds. The number of hydrogen-bond donors (Lipinski definition) is 1. The van der Waals surface area contributed by atoms with Crippen LogP contribution in [0.25, 0.3) is 0 Å². The van der Waals surface area contributed by atoms with E-state index in [1.807, 2.05) is 24.3 Å². The van der Waals surface area contributed by atoms with Crippen molar-refractivity contribution >= 4 is 33.2 Å². The molecular weight excluding hydrogens is 359 g/mol. The number of halogens is 2. The van der Waals surface area contributed by atoms with Crippen molar-refractivity contribution in [2.75, 3.05) is 16.8 Å². The Labute approximate surface area is 144 Å². The molecule has 0 aromatic heterocycles. The van der Waals surface area contributed by atoms with E-state index in [0.29, 0.717) is 16.2 Å². The molecule has 23 heavy (non-hydrogen) atoms. The lowest BCUT2D eigenvalue weighted by molar-refractivity contribution is 0.102. The van der Waals surface area contributed by atoms with Crippen molar-refractivity contribution < 1.29 is 9.18 Å². The maximum absolute atomic E-state index is 13.3. The Bertz CT molecular complexity index is 686. The van der Waals surface area contributed by atoms with Crippen molar-refractivity contribution in [2.45, 2.75) is 26.8 Å². The first-order chi connectivity index (χ1) is 10.9. The van der Waals surface area contributed by atoms with Gasteiger partial charge in [-0.15, -0.1) is 0 Å². The van der Waals surface area contributed by atoms with Gasteiger partial charge in [0.1, 0.15) is 5.82 Å². The van der Waals surface area contributed by atoms with Gasteiger partial charge in [0, 0.05) is 28.4 Å². The Kier molecular flexibility index (Phi) is 5.77. The number of nitrogens with one attached hydrogen (secondary N) is 1. The molecular formula is C18H20BrFN2O. The second-order valence-electron chi connectivity index (χ2n) is 5.50. The molecule has 0 saturated heterocycles. The van der Waals surface area contributed by atoms with Crippen LogP contribution in [0.15, 0.2) is 46.9 Å². The molecule has 0 saturated carbocycles. The minimum Gasteiger partial charge on any atom is -0.369 e. The van der Waals surface area contributed by atoms with Gasteiger partial charge in [-0.3, -0.25) is 4.79 Å². The Balaban J connectivity index is 2.14. The van der Waals surface area contributed by atoms with Crippen LogP contribution in [0.3, 0.4) is 0 Å². The molecule has 1 N–H and O–H groups in total. The predicted molar refractivity (Wildman–Crippen MR) is 96.7 cm³/mol. The number of amides is 1. The van der Waals surface area contributed by atoms with Gasteiger partial charge >= 0.3 is 0 Å². The zero-order valence-corrected chi connectivity index (χ0v) is 15.0. The highest BCUT2D eigenvalue weighted by Gasteiger charge is 2.12. The van der Waals surface area contributed by atoms with Crippen LogP contribution in [-0.2, 0) is 0 Å². The fourth-order valence-electron chi connectivity index (χ4n) is 2.45. The molecule has 2 aromatic rings. The molecule has 0 bridgehead atoms. The predicted octanol–water partition coefficient (Wildman–Crippen LogP) is 5.08. The van der Waals surface area contributed by atoms with Gasteiger partial charge in [0.2, 0.25) is 0 Å². The summed E-state index contributed by atoms with van der Waals surface area (Å²) in [4.78, 5) is 14.5. The lowest BCUT2D eigenvalue weighted by Gasteiger charge is -2.27. The Morgan fingerprint density at radius 2 is 1.87 bits per heavy atom. The fourth-order valence-corrected chi connectivity index (χ4v) is 2.88. The quantitative estimate of drug-likeness (QED) is 0.786. The summed E-state index contributed by atoms with van der Waals surface area (Å²) in [6.07, 6.45) is 0. The van der Waals surface area contributed by atoms with E-state index in [1.165, 1.54) is 18.2 Å². The second kappa shape index (κ2) is 7.59. The summed E-state index contributed by atoms with van der Waals surface area (Å²) < 4.78 is 13.9. The summed E-state index contributed by atoms with van der Waals surface area (Å²) in [6, 6.07) is 12.1. The van der Waals surface area contributed by atoms with Gasteiger partial charge in [-0.1, -0.05) is 0 Å². The maximum Gasteiger partial charge on any atom is 0.256 e. The minimum absolute atomic E-state index is 0.270. The van der Waals surface area contributed by atoms with Gasteiger partial charge in [-0.2, -0.15) is 0 Å². The van der Waals surface area contributed by atoms with Crippen molar-refractivity contribution in [1.29, 1.82) is 0 Å². The molecule has 0 aliphatic heterocycles. The third-order valence-corrected chi connectivity index (χ3v) is 4.29. The monoisotopic (exact) mass is 378 g/mol. The van der Waals surface area contributed by atoms with Gasteiger partial charge in [0.15, 0.2) is 0 Å². The first kappa shape index (κ1) is 17.5. The van der Waals surface area contributed by atoms with Crippen molar-refractivity contribution in [3.05, 3.63) is 58.3 Å². The maximum atomic E-state index is 13.3. The summed E-state index contributed by atoms with van der Waals surface area (Å²) >= 11 is 3.27. The highest BCUT2D eigenvalue weighted by atomic mass is 79.9. The van der Waals surface area contributed by atoms with E-state index in [0.717, 1.165) is 12.2 Å². The Morgan fingerprint density at radius 3 is 2.43 bits per heavy atom. The smallest absolute Gasteiger partial charge is 0.256 e. The molecule has 0 spiro atoms. The first-order valence-electron chi connectivity index (χ1n) is 7.55. The normalized spacial score (nSPS) is 10.7. The van der Waals surface area contributed by atoms with Crippen molar-refractivity contribution in [1.82, 2.24) is 0 Å². The molecule has 0 heterocycles. The second-order valence-corrected chi connectivity index (χ2v) is 6.36. The largest absolute Gasteiger partial charge is 0.369 e. The molecule has 0 fully saturated rings. The van der Waals surface area contributed by atoms with Crippen LogP contribution in [0.2, 0.25) is 0 Å². The highest BCUT2D eigenvalue weighted by molar-refractivity contribution is 9.10. The van der Waals surface area contributed by atoms with Gasteiger partial charge < -0.3 is 10.2 Å². The zero-order chi connectivity index (χ0) is 17.0. The van der Waals surface area contributed by atoms with Crippen LogP contribution in [-0.4, -0.2) is 18.5 Å². The number of hydrogen-bond acceptors (Lipinski definition) is 2. The molecule has 5 heteroatoms. The molecule has 0 aliphatic carbocycles. The summed E-state index contributed by atoms with van der Waals surface area (Å²) in [5.74, 6) is -0.787. The number of carbonyl (C=O) groups excluding carboxylic acids is 1. The average molecular weight is 379 g/mol. The topological polar surface area (TPSA) is 32.3 Å². The molecule has 3 nitrogen and oxygen atoms in total. The fraction of sp³-hybridized carbons (Fsp3) is 0.278. The SMILES string of the molecule is CCN(c1ccc(NC(=O)c2cc(F)ccc2Br)cc1)C(C)C. The van der Waals surface area contributed by atoms with Crippen molar-refractivity contribution in [3.8, 4) is 0 Å². The van der Waals surface area contributed by atoms with E-state index in [4.69, 9.17) is 0 Å². The van der Waals surface area contributed by atoms with E-state index in [-0.39, 0.29) is 11.5 Å². The molecule has 2 aromatic carbocycles. The number of benzene rings is 2. The number of anilines is 2. The van der Waals surface area contributed by atoms with E-state index in [9.17, 15) is 9.18 Å². The first-order valence-corrected chi connectivity index (χ1v) is 8.34. The third-order valence-electron chi connectivity index (χ3n) is 3.59. The zero-order valence-electron chi connectivity index (χ0n) is 13.4. The Morgan fingerprint density at radius 1 is 1.22 bits per heavy atom. The molecule has 0 aliphatic rings. The molecule has 2 rings (SSSR count). The van der Waals surface area contributed by atoms with Crippen LogP contribution in [0.5, 0.6) is 0 Å². The molecule has 122 valence electrons. The standard InChI is InChI=1S/C18H20BrFN2O/c1-4-22(12(2)3)15-8-6-14(7-9-15)21-18(23)16-11-13(20)5-10-17(16)19/h5-12H,4H2,1-3H3,(H,21,23). The van der Waals surface area contributed by atoms with E-state index in [1.54, 1.807) is 0 Å². The van der Waals surface area contributed by atoms with Crippen LogP contribution in [0, 0.1) is 5.82 Å². The number of rotatable bonds is 5. The van der Waals surface area contributed by atoms with Gasteiger partial charge in [-0.05, 0) is 79.2 Å². The average Bonchev–Trinajstić information content (AvgIpc) is 2.51. The van der Waals surface area contributed by atoms with Crippen LogP contribution < -0.4 is 10.2 Å². The van der Waals surface area contributed by atoms with Crippen molar-refractivity contribution in [2.24, 2.45) is 0 Å². The van der Waals surface area contributed by atoms with Gasteiger partial charge in [0.25, 0.3) is 5.91 Å². The van der Waals surface area contributed by atoms with Gasteiger partial charge in [-0.25, -0.2) is 4.39 Å². The lowest BCUT2D eigenvalue weighted by Crippen LogP contribution is -2.30. The number of nitrogens with zero attached hydrogens (tertiary/aromatic N) is 1. The van der Waals surface area contributed by atoms with Gasteiger partial charge in [0.05, 0.1) is 5.56 Å². The molecule has 0 radical (unpaired) electrons. The molecule has 0 atom stereocenters. The van der Waals surface area contributed by atoms with Crippen LogP contribution >= 0.6 is 15.9 Å². The van der Waals surface area contributed by atoms with Crippen molar-refractivity contribution in [3.63, 3.8) is 0 Å². The van der Waals surface area contributed by atoms with Crippen LogP contribution in [0.1, 0.15) is 31.1 Å². The van der Waals surface area contributed by atoms with E-state index >= 15 is 0 Å². The van der Waals surface area contributed by atoms with E-state index < -0.39 is 5.82 Å². The summed E-state index contributed by atoms with van der Waals surface area (Å²) in [5, 5.41) is 2.79. The molecule has 0 unspecified atom stereocenters. The summed E-state index contributed by atoms with van der Waals surface area (Å²) in [5.41, 5.74) is 2.05.